The lowest BCUT2D eigenvalue weighted by Gasteiger charge is -2.08. The highest BCUT2D eigenvalue weighted by Crippen LogP contribution is 2.10. The van der Waals surface area contributed by atoms with Crippen LogP contribution in [0.15, 0.2) is 11.6 Å². The molecule has 16 heavy (non-hydrogen) atoms. The van der Waals surface area contributed by atoms with Gasteiger partial charge in [-0.15, -0.1) is 0 Å². The summed E-state index contributed by atoms with van der Waals surface area (Å²) in [5.74, 6) is 0. The van der Waals surface area contributed by atoms with E-state index in [2.05, 4.69) is 26.8 Å². The molecular formula is C15H31N. The molecule has 0 saturated heterocycles. The van der Waals surface area contributed by atoms with Crippen molar-refractivity contribution >= 4 is 0 Å². The highest BCUT2D eigenvalue weighted by Gasteiger charge is 1.99. The summed E-state index contributed by atoms with van der Waals surface area (Å²) in [6.07, 6.45) is 14.2. The van der Waals surface area contributed by atoms with Gasteiger partial charge in [-0.05, 0) is 26.7 Å². The minimum absolute atomic E-state index is 0.380. The Hall–Kier alpha value is -0.300. The second kappa shape index (κ2) is 11.2. The molecule has 0 bridgehead atoms. The molecule has 0 aliphatic rings. The average molecular weight is 225 g/mol. The summed E-state index contributed by atoms with van der Waals surface area (Å²) in [5.41, 5.74) is 7.42. The molecule has 0 unspecified atom stereocenters. The second-order valence-corrected chi connectivity index (χ2v) is 5.19. The molecule has 0 aliphatic carbocycles. The summed E-state index contributed by atoms with van der Waals surface area (Å²) in [5, 5.41) is 0. The van der Waals surface area contributed by atoms with Crippen molar-refractivity contribution in [3.8, 4) is 0 Å². The minimum Gasteiger partial charge on any atom is -0.327 e. The van der Waals surface area contributed by atoms with Crippen LogP contribution < -0.4 is 5.73 Å². The van der Waals surface area contributed by atoms with Gasteiger partial charge in [-0.1, -0.05) is 63.5 Å². The largest absolute Gasteiger partial charge is 0.327 e. The number of allylic oxidation sites excluding steroid dienone is 1. The van der Waals surface area contributed by atoms with Crippen molar-refractivity contribution in [1.29, 1.82) is 0 Å². The molecule has 0 amide bonds. The van der Waals surface area contributed by atoms with Crippen LogP contribution in [0.5, 0.6) is 0 Å². The van der Waals surface area contributed by atoms with Crippen LogP contribution in [0.25, 0.3) is 0 Å². The molecule has 0 radical (unpaired) electrons. The summed E-state index contributed by atoms with van der Waals surface area (Å²) in [6, 6.07) is 0.380. The molecule has 0 aliphatic heterocycles. The van der Waals surface area contributed by atoms with E-state index < -0.39 is 0 Å². The monoisotopic (exact) mass is 225 g/mol. The average Bonchev–Trinajstić information content (AvgIpc) is 2.25. The summed E-state index contributed by atoms with van der Waals surface area (Å²) < 4.78 is 0. The normalized spacial score (nSPS) is 12.5. The van der Waals surface area contributed by atoms with Gasteiger partial charge in [0.15, 0.2) is 0 Å². The molecule has 2 N–H and O–H groups in total. The Balaban J connectivity index is 3.21. The summed E-state index contributed by atoms with van der Waals surface area (Å²) in [6.45, 7) is 6.54. The van der Waals surface area contributed by atoms with Gasteiger partial charge in [0.1, 0.15) is 0 Å². The molecule has 1 heteroatoms. The van der Waals surface area contributed by atoms with Crippen LogP contribution in [0, 0.1) is 0 Å². The van der Waals surface area contributed by atoms with Crippen molar-refractivity contribution in [1.82, 2.24) is 0 Å². The van der Waals surface area contributed by atoms with E-state index in [9.17, 15) is 0 Å². The van der Waals surface area contributed by atoms with Gasteiger partial charge >= 0.3 is 0 Å². The van der Waals surface area contributed by atoms with Gasteiger partial charge in [0.2, 0.25) is 0 Å². The smallest absolute Gasteiger partial charge is 0.00735 e. The molecule has 0 fully saturated rings. The summed E-state index contributed by atoms with van der Waals surface area (Å²) >= 11 is 0. The molecule has 0 heterocycles. The highest BCUT2D eigenvalue weighted by atomic mass is 14.6. The van der Waals surface area contributed by atoms with E-state index in [1.165, 1.54) is 56.9 Å². The van der Waals surface area contributed by atoms with Crippen LogP contribution in [-0.4, -0.2) is 6.04 Å². The fraction of sp³-hybridized carbons (Fsp3) is 0.867. The van der Waals surface area contributed by atoms with Crippen molar-refractivity contribution in [2.24, 2.45) is 5.73 Å². The standard InChI is InChI=1S/C15H31N/c1-4-5-6-7-8-9-10-11-15(16)13-12-14(2)3/h12,15H,4-11,13,16H2,1-3H3/t15-/m1/s1. The lowest BCUT2D eigenvalue weighted by molar-refractivity contribution is 0.531. The second-order valence-electron chi connectivity index (χ2n) is 5.19. The third-order valence-corrected chi connectivity index (χ3v) is 3.01. The topological polar surface area (TPSA) is 26.0 Å². The van der Waals surface area contributed by atoms with E-state index in [1.807, 2.05) is 0 Å². The van der Waals surface area contributed by atoms with Gasteiger partial charge in [-0.25, -0.2) is 0 Å². The van der Waals surface area contributed by atoms with Gasteiger partial charge < -0.3 is 5.73 Å². The SMILES string of the molecule is CCCCCCCCC[C@@H](N)CC=C(C)C. The lowest BCUT2D eigenvalue weighted by atomic mass is 10.0. The first-order valence-electron chi connectivity index (χ1n) is 7.05. The molecule has 0 saturated carbocycles. The van der Waals surface area contributed by atoms with E-state index in [1.54, 1.807) is 0 Å². The number of hydrogen-bond acceptors (Lipinski definition) is 1. The zero-order chi connectivity index (χ0) is 12.2. The number of rotatable bonds is 10. The van der Waals surface area contributed by atoms with Crippen molar-refractivity contribution in [3.05, 3.63) is 11.6 Å². The fourth-order valence-electron chi connectivity index (χ4n) is 1.87. The Morgan fingerprint density at radius 1 is 1.00 bits per heavy atom. The molecule has 1 nitrogen and oxygen atoms in total. The van der Waals surface area contributed by atoms with Crippen LogP contribution in [0.2, 0.25) is 0 Å². The van der Waals surface area contributed by atoms with Gasteiger partial charge in [-0.3, -0.25) is 0 Å². The van der Waals surface area contributed by atoms with Crippen LogP contribution >= 0.6 is 0 Å². The predicted octanol–water partition coefficient (Wildman–Crippen LogP) is 4.81. The Morgan fingerprint density at radius 3 is 2.12 bits per heavy atom. The van der Waals surface area contributed by atoms with Gasteiger partial charge in [0.25, 0.3) is 0 Å². The quantitative estimate of drug-likeness (QED) is 0.419. The Bertz CT molecular complexity index is 168. The first-order chi connectivity index (χ1) is 7.66. The highest BCUT2D eigenvalue weighted by molar-refractivity contribution is 4.94. The zero-order valence-corrected chi connectivity index (χ0v) is 11.6. The molecule has 0 aromatic rings. The van der Waals surface area contributed by atoms with E-state index in [4.69, 9.17) is 5.73 Å². The third kappa shape index (κ3) is 11.8. The van der Waals surface area contributed by atoms with Gasteiger partial charge in [0, 0.05) is 6.04 Å². The summed E-state index contributed by atoms with van der Waals surface area (Å²) in [7, 11) is 0. The molecular weight excluding hydrogens is 194 g/mol. The maximum atomic E-state index is 6.04. The molecule has 96 valence electrons. The molecule has 0 spiro atoms. The maximum absolute atomic E-state index is 6.04. The maximum Gasteiger partial charge on any atom is 0.00735 e. The van der Waals surface area contributed by atoms with E-state index >= 15 is 0 Å². The van der Waals surface area contributed by atoms with Crippen molar-refractivity contribution in [2.75, 3.05) is 0 Å². The van der Waals surface area contributed by atoms with Crippen LogP contribution in [-0.2, 0) is 0 Å². The number of unbranched alkanes of at least 4 members (excludes halogenated alkanes) is 6. The molecule has 0 aromatic heterocycles. The van der Waals surface area contributed by atoms with Crippen molar-refractivity contribution in [2.45, 2.75) is 84.6 Å². The molecule has 1 atom stereocenters. The van der Waals surface area contributed by atoms with Gasteiger partial charge in [-0.2, -0.15) is 0 Å². The van der Waals surface area contributed by atoms with Crippen LogP contribution in [0.3, 0.4) is 0 Å². The van der Waals surface area contributed by atoms with E-state index in [0.29, 0.717) is 6.04 Å². The first kappa shape index (κ1) is 15.7. The third-order valence-electron chi connectivity index (χ3n) is 3.01. The van der Waals surface area contributed by atoms with Crippen molar-refractivity contribution < 1.29 is 0 Å². The number of hydrogen-bond donors (Lipinski definition) is 1. The van der Waals surface area contributed by atoms with E-state index in [-0.39, 0.29) is 0 Å². The van der Waals surface area contributed by atoms with Gasteiger partial charge in [0.05, 0.1) is 0 Å². The van der Waals surface area contributed by atoms with Crippen LogP contribution in [0.4, 0.5) is 0 Å². The Labute approximate surface area is 102 Å². The van der Waals surface area contributed by atoms with Crippen molar-refractivity contribution in [3.63, 3.8) is 0 Å². The molecule has 0 aromatic carbocycles. The lowest BCUT2D eigenvalue weighted by Crippen LogP contribution is -2.18. The fourth-order valence-corrected chi connectivity index (χ4v) is 1.87. The Kier molecular flexibility index (Phi) is 11.0. The zero-order valence-electron chi connectivity index (χ0n) is 11.6. The molecule has 0 rings (SSSR count). The predicted molar refractivity (Wildman–Crippen MR) is 74.6 cm³/mol. The Morgan fingerprint density at radius 2 is 1.56 bits per heavy atom. The van der Waals surface area contributed by atoms with Crippen LogP contribution in [0.1, 0.15) is 78.6 Å². The van der Waals surface area contributed by atoms with E-state index in [0.717, 1.165) is 6.42 Å². The minimum atomic E-state index is 0.380. The summed E-state index contributed by atoms with van der Waals surface area (Å²) in [4.78, 5) is 0. The number of nitrogens with two attached hydrogens (primary N) is 1. The first-order valence-corrected chi connectivity index (χ1v) is 7.05.